The predicted octanol–water partition coefficient (Wildman–Crippen LogP) is 0.316. The van der Waals surface area contributed by atoms with Crippen molar-refractivity contribution in [2.45, 2.75) is 30.8 Å². The summed E-state index contributed by atoms with van der Waals surface area (Å²) in [5.41, 5.74) is 11.1. The molecule has 0 amide bonds. The Kier molecular flexibility index (Phi) is 1.30. The molecule has 0 spiro atoms. The van der Waals surface area contributed by atoms with E-state index < -0.39 is 17.8 Å². The zero-order chi connectivity index (χ0) is 8.22. The summed E-state index contributed by atoms with van der Waals surface area (Å²) in [5.74, 6) is -3.37. The average molecular weight is 162 g/mol. The van der Waals surface area contributed by atoms with E-state index in [2.05, 4.69) is 0 Å². The van der Waals surface area contributed by atoms with Crippen molar-refractivity contribution in [3.63, 3.8) is 0 Å². The zero-order valence-electron chi connectivity index (χ0n) is 6.13. The largest absolute Gasteiger partial charge is 0.326 e. The van der Waals surface area contributed by atoms with Crippen LogP contribution in [0.4, 0.5) is 8.78 Å². The normalized spacial score (nSPS) is 53.5. The molecule has 4 heteroatoms. The maximum absolute atomic E-state index is 12.7. The van der Waals surface area contributed by atoms with Gasteiger partial charge in [-0.25, -0.2) is 8.78 Å². The van der Waals surface area contributed by atoms with E-state index in [1.54, 1.807) is 0 Å². The van der Waals surface area contributed by atoms with Crippen LogP contribution in [0.2, 0.25) is 0 Å². The topological polar surface area (TPSA) is 52.0 Å². The molecular formula is C7H12F2N2. The summed E-state index contributed by atoms with van der Waals surface area (Å²) in [7, 11) is 0. The fourth-order valence-electron chi connectivity index (χ4n) is 2.04. The summed E-state index contributed by atoms with van der Waals surface area (Å²) in [5, 5.41) is 0. The van der Waals surface area contributed by atoms with Gasteiger partial charge in [-0.05, 0) is 12.8 Å². The van der Waals surface area contributed by atoms with Gasteiger partial charge < -0.3 is 11.5 Å². The smallest absolute Gasteiger partial charge is 0.254 e. The zero-order valence-corrected chi connectivity index (χ0v) is 6.13. The Hall–Kier alpha value is -0.220. The number of hydrogen-bond acceptors (Lipinski definition) is 2. The number of nitrogens with two attached hydrogens (primary N) is 2. The van der Waals surface area contributed by atoms with Crippen molar-refractivity contribution in [3.8, 4) is 0 Å². The maximum Gasteiger partial charge on any atom is 0.254 e. The minimum atomic E-state index is -2.45. The Labute approximate surface area is 63.9 Å². The summed E-state index contributed by atoms with van der Waals surface area (Å²) in [6.45, 7) is 0. The van der Waals surface area contributed by atoms with Crippen LogP contribution in [0.1, 0.15) is 12.8 Å². The van der Waals surface area contributed by atoms with Crippen LogP contribution in [0.3, 0.4) is 0 Å². The molecule has 0 saturated heterocycles. The molecule has 4 unspecified atom stereocenters. The van der Waals surface area contributed by atoms with Gasteiger partial charge in [0, 0.05) is 23.9 Å². The van der Waals surface area contributed by atoms with Crippen molar-refractivity contribution in [3.05, 3.63) is 0 Å². The Bertz CT molecular complexity index is 165. The van der Waals surface area contributed by atoms with Crippen molar-refractivity contribution in [2.75, 3.05) is 0 Å². The first-order chi connectivity index (χ1) is 5.03. The molecule has 2 rings (SSSR count). The fraction of sp³-hybridized carbons (Fsp3) is 1.00. The second-order valence-corrected chi connectivity index (χ2v) is 3.69. The Morgan fingerprint density at radius 2 is 1.36 bits per heavy atom. The van der Waals surface area contributed by atoms with Crippen LogP contribution in [0.15, 0.2) is 0 Å². The van der Waals surface area contributed by atoms with Crippen molar-refractivity contribution >= 4 is 0 Å². The van der Waals surface area contributed by atoms with E-state index in [1.807, 2.05) is 0 Å². The minimum absolute atomic E-state index is 0.218. The van der Waals surface area contributed by atoms with E-state index in [-0.39, 0.29) is 12.1 Å². The van der Waals surface area contributed by atoms with Crippen molar-refractivity contribution < 1.29 is 8.78 Å². The van der Waals surface area contributed by atoms with E-state index in [0.717, 1.165) is 0 Å². The molecule has 0 heterocycles. The van der Waals surface area contributed by atoms with Gasteiger partial charge in [-0.2, -0.15) is 0 Å². The standard InChI is InChI=1S/C7H12F2N2/c8-7(9)3-1-5(10)6(11)2-4(3)7/h3-6H,1-2,10-11H2. The molecule has 2 fully saturated rings. The molecule has 0 bridgehead atoms. The maximum atomic E-state index is 12.7. The van der Waals surface area contributed by atoms with Gasteiger partial charge in [0.1, 0.15) is 0 Å². The summed E-state index contributed by atoms with van der Waals surface area (Å²) in [6.07, 6.45) is 0.803. The van der Waals surface area contributed by atoms with Gasteiger partial charge in [-0.15, -0.1) is 0 Å². The summed E-state index contributed by atoms with van der Waals surface area (Å²) >= 11 is 0. The molecule has 2 nitrogen and oxygen atoms in total. The Morgan fingerprint density at radius 3 is 1.73 bits per heavy atom. The lowest BCUT2D eigenvalue weighted by atomic mass is 9.92. The Balaban J connectivity index is 2.07. The van der Waals surface area contributed by atoms with Crippen molar-refractivity contribution in [2.24, 2.45) is 23.3 Å². The third-order valence-electron chi connectivity index (χ3n) is 2.97. The second kappa shape index (κ2) is 1.93. The number of halogens is 2. The van der Waals surface area contributed by atoms with Gasteiger partial charge in [0.05, 0.1) is 0 Å². The molecule has 0 radical (unpaired) electrons. The van der Waals surface area contributed by atoms with Crippen molar-refractivity contribution in [1.82, 2.24) is 0 Å². The van der Waals surface area contributed by atoms with E-state index >= 15 is 0 Å². The Morgan fingerprint density at radius 1 is 1.00 bits per heavy atom. The number of rotatable bonds is 0. The van der Waals surface area contributed by atoms with Crippen LogP contribution in [0.5, 0.6) is 0 Å². The van der Waals surface area contributed by atoms with E-state index in [9.17, 15) is 8.78 Å². The van der Waals surface area contributed by atoms with E-state index in [4.69, 9.17) is 11.5 Å². The molecule has 0 aromatic rings. The fourth-order valence-corrected chi connectivity index (χ4v) is 2.04. The SMILES string of the molecule is NC1CC2C(CC1N)C2(F)F. The molecular weight excluding hydrogens is 150 g/mol. The lowest BCUT2D eigenvalue weighted by Crippen LogP contribution is -2.44. The molecule has 0 aromatic carbocycles. The van der Waals surface area contributed by atoms with Gasteiger partial charge in [-0.3, -0.25) is 0 Å². The van der Waals surface area contributed by atoms with Crippen LogP contribution >= 0.6 is 0 Å². The molecule has 11 heavy (non-hydrogen) atoms. The van der Waals surface area contributed by atoms with Gasteiger partial charge in [-0.1, -0.05) is 0 Å². The molecule has 4 atom stereocenters. The third-order valence-corrected chi connectivity index (χ3v) is 2.97. The summed E-state index contributed by atoms with van der Waals surface area (Å²) in [6, 6.07) is -0.436. The molecule has 64 valence electrons. The quantitative estimate of drug-likeness (QED) is 0.538. The first-order valence-electron chi connectivity index (χ1n) is 3.92. The van der Waals surface area contributed by atoms with E-state index in [0.29, 0.717) is 12.8 Å². The van der Waals surface area contributed by atoms with Crippen LogP contribution in [0, 0.1) is 11.8 Å². The van der Waals surface area contributed by atoms with Gasteiger partial charge in [0.15, 0.2) is 0 Å². The number of fused-ring (bicyclic) bond motifs is 1. The van der Waals surface area contributed by atoms with Crippen LogP contribution in [0.25, 0.3) is 0 Å². The van der Waals surface area contributed by atoms with Gasteiger partial charge in [0.25, 0.3) is 5.92 Å². The number of alkyl halides is 2. The molecule has 0 aliphatic heterocycles. The summed E-state index contributed by atoms with van der Waals surface area (Å²) in [4.78, 5) is 0. The third kappa shape index (κ3) is 0.891. The highest BCUT2D eigenvalue weighted by molar-refractivity contribution is 5.11. The van der Waals surface area contributed by atoms with Crippen LogP contribution < -0.4 is 11.5 Å². The highest BCUT2D eigenvalue weighted by Crippen LogP contribution is 2.61. The average Bonchev–Trinajstić information content (AvgIpc) is 2.39. The molecule has 2 aliphatic carbocycles. The monoisotopic (exact) mass is 162 g/mol. The lowest BCUT2D eigenvalue weighted by molar-refractivity contribution is 0.0846. The molecule has 2 aliphatic rings. The van der Waals surface area contributed by atoms with Gasteiger partial charge in [0.2, 0.25) is 0 Å². The summed E-state index contributed by atoms with van der Waals surface area (Å²) < 4.78 is 25.5. The van der Waals surface area contributed by atoms with Gasteiger partial charge >= 0.3 is 0 Å². The predicted molar refractivity (Wildman–Crippen MR) is 37.1 cm³/mol. The second-order valence-electron chi connectivity index (χ2n) is 3.69. The number of hydrogen-bond donors (Lipinski definition) is 2. The first-order valence-corrected chi connectivity index (χ1v) is 3.92. The van der Waals surface area contributed by atoms with Crippen molar-refractivity contribution in [1.29, 1.82) is 0 Å². The molecule has 0 aromatic heterocycles. The lowest BCUT2D eigenvalue weighted by Gasteiger charge is -2.22. The van der Waals surface area contributed by atoms with Crippen LogP contribution in [-0.2, 0) is 0 Å². The minimum Gasteiger partial charge on any atom is -0.326 e. The molecule has 2 saturated carbocycles. The highest BCUT2D eigenvalue weighted by atomic mass is 19.3. The van der Waals surface area contributed by atoms with Crippen LogP contribution in [-0.4, -0.2) is 18.0 Å². The van der Waals surface area contributed by atoms with E-state index in [1.165, 1.54) is 0 Å². The highest BCUT2D eigenvalue weighted by Gasteiger charge is 2.69. The molecule has 4 N–H and O–H groups in total. The first kappa shape index (κ1) is 7.43.